The van der Waals surface area contributed by atoms with Crippen molar-refractivity contribution in [1.82, 2.24) is 4.31 Å². The van der Waals surface area contributed by atoms with Gasteiger partial charge in [-0.25, -0.2) is 17.2 Å². The predicted molar refractivity (Wildman–Crippen MR) is 90.3 cm³/mol. The molecule has 3 rings (SSSR count). The summed E-state index contributed by atoms with van der Waals surface area (Å²) in [6, 6.07) is 8.39. The highest BCUT2D eigenvalue weighted by molar-refractivity contribution is 7.89. The van der Waals surface area contributed by atoms with E-state index in [1.165, 1.54) is 22.5 Å². The number of anilines is 1. The van der Waals surface area contributed by atoms with Crippen molar-refractivity contribution in [3.63, 3.8) is 0 Å². The molecule has 0 spiro atoms. The van der Waals surface area contributed by atoms with E-state index < -0.39 is 27.6 Å². The molecule has 0 atom stereocenters. The predicted octanol–water partition coefficient (Wildman–Crippen LogP) is 2.24. The number of hydrogen-bond donors (Lipinski definition) is 1. The van der Waals surface area contributed by atoms with Gasteiger partial charge in [0, 0.05) is 19.2 Å². The molecule has 1 saturated heterocycles. The van der Waals surface area contributed by atoms with Crippen LogP contribution in [-0.4, -0.2) is 44.9 Å². The van der Waals surface area contributed by atoms with Gasteiger partial charge < -0.3 is 10.1 Å². The van der Waals surface area contributed by atoms with Crippen molar-refractivity contribution >= 4 is 21.6 Å². The van der Waals surface area contributed by atoms with Crippen LogP contribution >= 0.6 is 0 Å². The standard InChI is InChI=1S/C17H16F2N2O4S/c18-12-5-6-13(14(19)11-12)17(22)20-15-3-1-2-4-16(15)26(23,24)21-7-9-25-10-8-21/h1-6,11H,7-10H2,(H,20,22). The third-order valence-corrected chi connectivity index (χ3v) is 5.86. The summed E-state index contributed by atoms with van der Waals surface area (Å²) in [6.07, 6.45) is 0. The van der Waals surface area contributed by atoms with Crippen LogP contribution in [0.15, 0.2) is 47.4 Å². The second-order valence-corrected chi connectivity index (χ2v) is 7.50. The Kier molecular flexibility index (Phi) is 5.30. The molecule has 1 aliphatic rings. The number of halogens is 2. The van der Waals surface area contributed by atoms with Crippen LogP contribution in [0.3, 0.4) is 0 Å². The molecule has 1 amide bonds. The zero-order valence-corrected chi connectivity index (χ0v) is 14.4. The molecule has 2 aromatic carbocycles. The van der Waals surface area contributed by atoms with E-state index in [1.807, 2.05) is 0 Å². The Labute approximate surface area is 149 Å². The summed E-state index contributed by atoms with van der Waals surface area (Å²) in [5, 5.41) is 2.39. The molecular weight excluding hydrogens is 366 g/mol. The van der Waals surface area contributed by atoms with Gasteiger partial charge in [0.1, 0.15) is 16.5 Å². The number of benzene rings is 2. The quantitative estimate of drug-likeness (QED) is 0.880. The van der Waals surface area contributed by atoms with Crippen molar-refractivity contribution in [2.45, 2.75) is 4.90 Å². The van der Waals surface area contributed by atoms with Crippen molar-refractivity contribution < 1.29 is 26.7 Å². The third-order valence-electron chi connectivity index (χ3n) is 3.90. The first-order chi connectivity index (χ1) is 12.4. The molecule has 138 valence electrons. The highest BCUT2D eigenvalue weighted by atomic mass is 32.2. The van der Waals surface area contributed by atoms with E-state index in [1.54, 1.807) is 6.07 Å². The summed E-state index contributed by atoms with van der Waals surface area (Å²) < 4.78 is 58.9. The van der Waals surface area contributed by atoms with Crippen molar-refractivity contribution in [2.24, 2.45) is 0 Å². The normalized spacial score (nSPS) is 15.6. The molecule has 1 heterocycles. The molecule has 6 nitrogen and oxygen atoms in total. The van der Waals surface area contributed by atoms with Gasteiger partial charge in [-0.3, -0.25) is 4.79 Å². The first-order valence-corrected chi connectivity index (χ1v) is 9.27. The molecule has 1 N–H and O–H groups in total. The summed E-state index contributed by atoms with van der Waals surface area (Å²) >= 11 is 0. The number of sulfonamides is 1. The average Bonchev–Trinajstić information content (AvgIpc) is 2.62. The van der Waals surface area contributed by atoms with Gasteiger partial charge in [-0.15, -0.1) is 0 Å². The van der Waals surface area contributed by atoms with E-state index in [0.717, 1.165) is 12.1 Å². The number of morpholine rings is 1. The Balaban J connectivity index is 1.91. The molecule has 0 unspecified atom stereocenters. The number of nitrogens with one attached hydrogen (secondary N) is 1. The number of carbonyl (C=O) groups excluding carboxylic acids is 1. The van der Waals surface area contributed by atoms with Crippen LogP contribution in [0, 0.1) is 11.6 Å². The maximum absolute atomic E-state index is 13.8. The lowest BCUT2D eigenvalue weighted by atomic mass is 10.2. The Morgan fingerprint density at radius 2 is 1.77 bits per heavy atom. The smallest absolute Gasteiger partial charge is 0.258 e. The number of para-hydroxylation sites is 1. The van der Waals surface area contributed by atoms with Gasteiger partial charge >= 0.3 is 0 Å². The van der Waals surface area contributed by atoms with Gasteiger partial charge in [0.15, 0.2) is 0 Å². The van der Waals surface area contributed by atoms with E-state index in [2.05, 4.69) is 5.32 Å². The van der Waals surface area contributed by atoms with E-state index in [-0.39, 0.29) is 42.4 Å². The number of amides is 1. The first-order valence-electron chi connectivity index (χ1n) is 7.83. The monoisotopic (exact) mass is 382 g/mol. The van der Waals surface area contributed by atoms with Crippen LogP contribution in [0.25, 0.3) is 0 Å². The maximum Gasteiger partial charge on any atom is 0.258 e. The molecule has 26 heavy (non-hydrogen) atoms. The van der Waals surface area contributed by atoms with Crippen LogP contribution in [0.2, 0.25) is 0 Å². The van der Waals surface area contributed by atoms with E-state index in [4.69, 9.17) is 4.74 Å². The lowest BCUT2D eigenvalue weighted by Crippen LogP contribution is -2.40. The highest BCUT2D eigenvalue weighted by Crippen LogP contribution is 2.26. The van der Waals surface area contributed by atoms with Crippen LogP contribution in [0.5, 0.6) is 0 Å². The number of carbonyl (C=O) groups is 1. The molecular formula is C17H16F2N2O4S. The van der Waals surface area contributed by atoms with Gasteiger partial charge in [-0.2, -0.15) is 4.31 Å². The Hall–Kier alpha value is -2.36. The molecule has 0 saturated carbocycles. The molecule has 0 aliphatic carbocycles. The van der Waals surface area contributed by atoms with Crippen LogP contribution in [0.1, 0.15) is 10.4 Å². The number of nitrogens with zero attached hydrogens (tertiary/aromatic N) is 1. The summed E-state index contributed by atoms with van der Waals surface area (Å²) in [4.78, 5) is 12.2. The van der Waals surface area contributed by atoms with Crippen molar-refractivity contribution in [3.05, 3.63) is 59.7 Å². The SMILES string of the molecule is O=C(Nc1ccccc1S(=O)(=O)N1CCOCC1)c1ccc(F)cc1F. The van der Waals surface area contributed by atoms with Crippen molar-refractivity contribution in [1.29, 1.82) is 0 Å². The Morgan fingerprint density at radius 3 is 2.46 bits per heavy atom. The molecule has 9 heteroatoms. The lowest BCUT2D eigenvalue weighted by molar-refractivity contribution is 0.0730. The number of ether oxygens (including phenoxy) is 1. The maximum atomic E-state index is 13.8. The summed E-state index contributed by atoms with van der Waals surface area (Å²) in [7, 11) is -3.85. The van der Waals surface area contributed by atoms with Crippen LogP contribution in [0.4, 0.5) is 14.5 Å². The largest absolute Gasteiger partial charge is 0.379 e. The second kappa shape index (κ2) is 7.48. The minimum absolute atomic E-state index is 0.0210. The fraction of sp³-hybridized carbons (Fsp3) is 0.235. The van der Waals surface area contributed by atoms with E-state index in [9.17, 15) is 22.0 Å². The van der Waals surface area contributed by atoms with Crippen molar-refractivity contribution in [3.8, 4) is 0 Å². The summed E-state index contributed by atoms with van der Waals surface area (Å²) in [5.74, 6) is -2.71. The summed E-state index contributed by atoms with van der Waals surface area (Å²) in [5.41, 5.74) is -0.363. The molecule has 1 fully saturated rings. The fourth-order valence-electron chi connectivity index (χ4n) is 2.58. The Morgan fingerprint density at radius 1 is 1.08 bits per heavy atom. The first kappa shape index (κ1) is 18.4. The fourth-order valence-corrected chi connectivity index (χ4v) is 4.14. The molecule has 0 bridgehead atoms. The van der Waals surface area contributed by atoms with Crippen LogP contribution in [-0.2, 0) is 14.8 Å². The van der Waals surface area contributed by atoms with E-state index >= 15 is 0 Å². The van der Waals surface area contributed by atoms with Gasteiger partial charge in [-0.1, -0.05) is 12.1 Å². The lowest BCUT2D eigenvalue weighted by Gasteiger charge is -2.27. The summed E-state index contributed by atoms with van der Waals surface area (Å²) in [6.45, 7) is 0.984. The second-order valence-electron chi connectivity index (χ2n) is 5.59. The Bertz CT molecular complexity index is 928. The highest BCUT2D eigenvalue weighted by Gasteiger charge is 2.29. The third kappa shape index (κ3) is 3.74. The minimum atomic E-state index is -3.85. The van der Waals surface area contributed by atoms with Gasteiger partial charge in [0.05, 0.1) is 24.5 Å². The van der Waals surface area contributed by atoms with Gasteiger partial charge in [-0.05, 0) is 24.3 Å². The number of rotatable bonds is 4. The van der Waals surface area contributed by atoms with E-state index in [0.29, 0.717) is 6.07 Å². The number of hydrogen-bond acceptors (Lipinski definition) is 4. The molecule has 2 aromatic rings. The molecule has 1 aliphatic heterocycles. The molecule has 0 radical (unpaired) electrons. The zero-order chi connectivity index (χ0) is 18.7. The van der Waals surface area contributed by atoms with Crippen LogP contribution < -0.4 is 5.32 Å². The van der Waals surface area contributed by atoms with Gasteiger partial charge in [0.2, 0.25) is 10.0 Å². The zero-order valence-electron chi connectivity index (χ0n) is 13.6. The molecule has 0 aromatic heterocycles. The van der Waals surface area contributed by atoms with Crippen molar-refractivity contribution in [2.75, 3.05) is 31.6 Å². The minimum Gasteiger partial charge on any atom is -0.379 e. The van der Waals surface area contributed by atoms with Gasteiger partial charge in [0.25, 0.3) is 5.91 Å². The average molecular weight is 382 g/mol. The topological polar surface area (TPSA) is 75.7 Å².